The fourth-order valence-electron chi connectivity index (χ4n) is 3.29. The summed E-state index contributed by atoms with van der Waals surface area (Å²) in [6, 6.07) is 12.8. The van der Waals surface area contributed by atoms with Crippen molar-refractivity contribution in [2.24, 2.45) is 0 Å². The second-order valence-electron chi connectivity index (χ2n) is 6.64. The van der Waals surface area contributed by atoms with Crippen LogP contribution in [0, 0.1) is 0 Å². The molecule has 0 bridgehead atoms. The third-order valence-electron chi connectivity index (χ3n) is 4.91. The number of morpholine rings is 1. The highest BCUT2D eigenvalue weighted by Crippen LogP contribution is 2.34. The Morgan fingerprint density at radius 1 is 1.19 bits per heavy atom. The number of fused-ring (bicyclic) bond motifs is 1. The first-order chi connectivity index (χ1) is 13.1. The van der Waals surface area contributed by atoms with Crippen molar-refractivity contribution in [1.29, 1.82) is 0 Å². The van der Waals surface area contributed by atoms with Gasteiger partial charge < -0.3 is 19.5 Å². The molecule has 1 saturated heterocycles. The molecule has 0 spiro atoms. The standard InChI is InChI=1S/C20H21ClN2O4/c1-13(20(24)22-16-6-7-17-18(10-16)27-12-26-17)23-8-9-25-19(11-23)14-2-4-15(21)5-3-14/h2-7,10,13,19H,8-9,11-12H2,1H3,(H,22,24). The molecule has 142 valence electrons. The molecule has 2 unspecified atom stereocenters. The molecule has 2 heterocycles. The molecule has 1 N–H and O–H groups in total. The molecule has 1 amide bonds. The van der Waals surface area contributed by atoms with Gasteiger partial charge in [-0.25, -0.2) is 0 Å². The molecule has 27 heavy (non-hydrogen) atoms. The van der Waals surface area contributed by atoms with Gasteiger partial charge in [0.2, 0.25) is 12.7 Å². The minimum Gasteiger partial charge on any atom is -0.454 e. The summed E-state index contributed by atoms with van der Waals surface area (Å²) in [4.78, 5) is 14.8. The maximum absolute atomic E-state index is 12.7. The van der Waals surface area contributed by atoms with Crippen molar-refractivity contribution in [3.63, 3.8) is 0 Å². The van der Waals surface area contributed by atoms with E-state index in [1.807, 2.05) is 37.3 Å². The molecule has 4 rings (SSSR count). The number of nitrogens with one attached hydrogen (secondary N) is 1. The van der Waals surface area contributed by atoms with Crippen LogP contribution < -0.4 is 14.8 Å². The SMILES string of the molecule is CC(C(=O)Nc1ccc2c(c1)OCO2)N1CCOC(c2ccc(Cl)cc2)C1. The molecular formula is C20H21ClN2O4. The number of rotatable bonds is 4. The fourth-order valence-corrected chi connectivity index (χ4v) is 3.41. The molecule has 2 aromatic rings. The average molecular weight is 389 g/mol. The van der Waals surface area contributed by atoms with E-state index in [0.29, 0.717) is 41.9 Å². The monoisotopic (exact) mass is 388 g/mol. The molecule has 6 nitrogen and oxygen atoms in total. The van der Waals surface area contributed by atoms with Crippen LogP contribution in [0.3, 0.4) is 0 Å². The normalized spacial score (nSPS) is 20.3. The second kappa shape index (κ2) is 7.76. The van der Waals surface area contributed by atoms with Gasteiger partial charge >= 0.3 is 0 Å². The Morgan fingerprint density at radius 3 is 2.78 bits per heavy atom. The number of hydrogen-bond acceptors (Lipinski definition) is 5. The molecule has 1 fully saturated rings. The predicted octanol–water partition coefficient (Wildman–Crippen LogP) is 3.47. The van der Waals surface area contributed by atoms with Crippen LogP contribution in [0.2, 0.25) is 5.02 Å². The molecule has 0 aliphatic carbocycles. The molecule has 7 heteroatoms. The van der Waals surface area contributed by atoms with Crippen molar-refractivity contribution >= 4 is 23.2 Å². The van der Waals surface area contributed by atoms with Crippen LogP contribution in [0.25, 0.3) is 0 Å². The fraction of sp³-hybridized carbons (Fsp3) is 0.350. The van der Waals surface area contributed by atoms with Gasteiger partial charge in [-0.15, -0.1) is 0 Å². The maximum atomic E-state index is 12.7. The van der Waals surface area contributed by atoms with E-state index in [2.05, 4.69) is 10.2 Å². The van der Waals surface area contributed by atoms with Crippen LogP contribution >= 0.6 is 11.6 Å². The first kappa shape index (κ1) is 18.1. The summed E-state index contributed by atoms with van der Waals surface area (Å²) in [6.07, 6.45) is -0.0724. The van der Waals surface area contributed by atoms with Gasteiger partial charge in [0, 0.05) is 29.9 Å². The number of anilines is 1. The van der Waals surface area contributed by atoms with Crippen molar-refractivity contribution in [2.75, 3.05) is 31.8 Å². The number of benzene rings is 2. The summed E-state index contributed by atoms with van der Waals surface area (Å²) >= 11 is 5.96. The minimum atomic E-state index is -0.283. The van der Waals surface area contributed by atoms with Gasteiger partial charge in [0.05, 0.1) is 18.8 Å². The molecule has 0 saturated carbocycles. The second-order valence-corrected chi connectivity index (χ2v) is 7.08. The lowest BCUT2D eigenvalue weighted by molar-refractivity contribution is -0.124. The lowest BCUT2D eigenvalue weighted by Gasteiger charge is -2.36. The number of carbonyl (C=O) groups excluding carboxylic acids is 1. The number of carbonyl (C=O) groups is 1. The first-order valence-electron chi connectivity index (χ1n) is 8.92. The number of amides is 1. The molecular weight excluding hydrogens is 368 g/mol. The summed E-state index contributed by atoms with van der Waals surface area (Å²) in [5.74, 6) is 1.28. The van der Waals surface area contributed by atoms with E-state index in [9.17, 15) is 4.79 Å². The van der Waals surface area contributed by atoms with E-state index >= 15 is 0 Å². The van der Waals surface area contributed by atoms with Gasteiger partial charge in [0.25, 0.3) is 0 Å². The van der Waals surface area contributed by atoms with Gasteiger partial charge in [-0.2, -0.15) is 0 Å². The predicted molar refractivity (Wildman–Crippen MR) is 102 cm³/mol. The van der Waals surface area contributed by atoms with Crippen LogP contribution in [0.15, 0.2) is 42.5 Å². The van der Waals surface area contributed by atoms with Crippen LogP contribution in [-0.4, -0.2) is 43.3 Å². The highest BCUT2D eigenvalue weighted by atomic mass is 35.5. The Balaban J connectivity index is 1.40. The smallest absolute Gasteiger partial charge is 0.241 e. The van der Waals surface area contributed by atoms with E-state index in [4.69, 9.17) is 25.8 Å². The third-order valence-corrected chi connectivity index (χ3v) is 5.16. The molecule has 2 atom stereocenters. The van der Waals surface area contributed by atoms with Gasteiger partial charge in [0.15, 0.2) is 11.5 Å². The summed E-state index contributed by atoms with van der Waals surface area (Å²) in [6.45, 7) is 4.06. The average Bonchev–Trinajstić information content (AvgIpc) is 3.16. The van der Waals surface area contributed by atoms with Crippen LogP contribution in [-0.2, 0) is 9.53 Å². The first-order valence-corrected chi connectivity index (χ1v) is 9.29. The van der Waals surface area contributed by atoms with Crippen molar-refractivity contribution in [3.05, 3.63) is 53.1 Å². The summed E-state index contributed by atoms with van der Waals surface area (Å²) in [5.41, 5.74) is 1.76. The Kier molecular flexibility index (Phi) is 5.20. The van der Waals surface area contributed by atoms with E-state index in [1.54, 1.807) is 12.1 Å². The zero-order valence-electron chi connectivity index (χ0n) is 15.0. The number of nitrogens with zero attached hydrogens (tertiary/aromatic N) is 1. The topological polar surface area (TPSA) is 60.0 Å². The van der Waals surface area contributed by atoms with Crippen molar-refractivity contribution < 1.29 is 19.0 Å². The molecule has 0 radical (unpaired) electrons. The quantitative estimate of drug-likeness (QED) is 0.869. The van der Waals surface area contributed by atoms with Gasteiger partial charge in [-0.1, -0.05) is 23.7 Å². The van der Waals surface area contributed by atoms with Crippen molar-refractivity contribution in [3.8, 4) is 11.5 Å². The molecule has 2 aliphatic rings. The van der Waals surface area contributed by atoms with E-state index in [1.165, 1.54) is 0 Å². The highest BCUT2D eigenvalue weighted by molar-refractivity contribution is 6.30. The number of ether oxygens (including phenoxy) is 3. The van der Waals surface area contributed by atoms with Crippen LogP contribution in [0.5, 0.6) is 11.5 Å². The number of halogens is 1. The number of hydrogen-bond donors (Lipinski definition) is 1. The zero-order chi connectivity index (χ0) is 18.8. The summed E-state index contributed by atoms with van der Waals surface area (Å²) in [5, 5.41) is 3.65. The molecule has 0 aromatic heterocycles. The lowest BCUT2D eigenvalue weighted by Crippen LogP contribution is -2.48. The maximum Gasteiger partial charge on any atom is 0.241 e. The third kappa shape index (κ3) is 4.03. The van der Waals surface area contributed by atoms with Crippen molar-refractivity contribution in [2.45, 2.75) is 19.1 Å². The van der Waals surface area contributed by atoms with E-state index in [-0.39, 0.29) is 24.8 Å². The van der Waals surface area contributed by atoms with E-state index < -0.39 is 0 Å². The Labute approximate surface area is 163 Å². The summed E-state index contributed by atoms with van der Waals surface area (Å²) < 4.78 is 16.5. The van der Waals surface area contributed by atoms with E-state index in [0.717, 1.165) is 5.56 Å². The minimum absolute atomic E-state index is 0.0642. The van der Waals surface area contributed by atoms with Crippen molar-refractivity contribution in [1.82, 2.24) is 4.90 Å². The van der Waals surface area contributed by atoms with Crippen LogP contribution in [0.1, 0.15) is 18.6 Å². The highest BCUT2D eigenvalue weighted by Gasteiger charge is 2.29. The van der Waals surface area contributed by atoms with Gasteiger partial charge in [0.1, 0.15) is 0 Å². The van der Waals surface area contributed by atoms with Gasteiger partial charge in [-0.3, -0.25) is 9.69 Å². The molecule has 2 aromatic carbocycles. The molecule has 2 aliphatic heterocycles. The zero-order valence-corrected chi connectivity index (χ0v) is 15.7. The Morgan fingerprint density at radius 2 is 1.96 bits per heavy atom. The largest absolute Gasteiger partial charge is 0.454 e. The summed E-state index contributed by atoms with van der Waals surface area (Å²) in [7, 11) is 0. The Bertz CT molecular complexity index is 827. The Hall–Kier alpha value is -2.28. The van der Waals surface area contributed by atoms with Gasteiger partial charge in [-0.05, 0) is 36.8 Å². The lowest BCUT2D eigenvalue weighted by atomic mass is 10.1. The van der Waals surface area contributed by atoms with Crippen LogP contribution in [0.4, 0.5) is 5.69 Å².